The quantitative estimate of drug-likeness (QED) is 0.685. The Bertz CT molecular complexity index is 880. The molecule has 2 aromatic rings. The zero-order chi connectivity index (χ0) is 19.3. The highest BCUT2D eigenvalue weighted by Crippen LogP contribution is 2.17. The molecule has 8 heteroatoms. The van der Waals surface area contributed by atoms with E-state index in [1.807, 2.05) is 20.8 Å². The Kier molecular flexibility index (Phi) is 8.27. The Balaban J connectivity index is 0.00000364. The first-order chi connectivity index (χ1) is 12.3. The van der Waals surface area contributed by atoms with Crippen molar-refractivity contribution in [1.29, 1.82) is 0 Å². The van der Waals surface area contributed by atoms with Crippen molar-refractivity contribution < 1.29 is 13.2 Å². The second-order valence-electron chi connectivity index (χ2n) is 5.99. The van der Waals surface area contributed by atoms with Crippen LogP contribution < -0.4 is 11.1 Å². The number of nitrogens with zero attached hydrogens (tertiary/aromatic N) is 1. The molecular weight excluding hydrogens is 386 g/mol. The third-order valence-electron chi connectivity index (χ3n) is 4.23. The van der Waals surface area contributed by atoms with Gasteiger partial charge in [-0.05, 0) is 42.3 Å². The number of nitrogen functional groups attached to an aromatic ring is 1. The molecule has 0 bridgehead atoms. The van der Waals surface area contributed by atoms with Gasteiger partial charge in [0.2, 0.25) is 10.0 Å². The van der Waals surface area contributed by atoms with Gasteiger partial charge in [-0.15, -0.1) is 12.4 Å². The number of nitrogens with two attached hydrogens (primary N) is 1. The van der Waals surface area contributed by atoms with Gasteiger partial charge in [0.15, 0.2) is 0 Å². The summed E-state index contributed by atoms with van der Waals surface area (Å²) >= 11 is 0. The highest BCUT2D eigenvalue weighted by atomic mass is 35.5. The van der Waals surface area contributed by atoms with Crippen molar-refractivity contribution in [2.45, 2.75) is 32.2 Å². The number of hydrogen-bond acceptors (Lipinski definition) is 4. The van der Waals surface area contributed by atoms with E-state index in [0.29, 0.717) is 30.9 Å². The van der Waals surface area contributed by atoms with Crippen LogP contribution in [0.1, 0.15) is 35.3 Å². The molecule has 0 aliphatic rings. The van der Waals surface area contributed by atoms with Crippen LogP contribution in [0.25, 0.3) is 0 Å². The maximum absolute atomic E-state index is 12.5. The van der Waals surface area contributed by atoms with Crippen molar-refractivity contribution in [3.8, 4) is 0 Å². The van der Waals surface area contributed by atoms with E-state index < -0.39 is 10.0 Å². The number of carbonyl (C=O) groups is 1. The predicted molar refractivity (Wildman–Crippen MR) is 111 cm³/mol. The van der Waals surface area contributed by atoms with Crippen LogP contribution in [0.3, 0.4) is 0 Å². The molecule has 148 valence electrons. The van der Waals surface area contributed by atoms with Gasteiger partial charge in [-0.2, -0.15) is 4.31 Å². The molecule has 2 aromatic carbocycles. The predicted octanol–water partition coefficient (Wildman–Crippen LogP) is 2.96. The summed E-state index contributed by atoms with van der Waals surface area (Å²) < 4.78 is 26.4. The van der Waals surface area contributed by atoms with Crippen LogP contribution in [0.5, 0.6) is 0 Å². The third kappa shape index (κ3) is 5.45. The average molecular weight is 412 g/mol. The highest BCUT2D eigenvalue weighted by molar-refractivity contribution is 7.89. The van der Waals surface area contributed by atoms with Gasteiger partial charge in [0.05, 0.1) is 4.90 Å². The van der Waals surface area contributed by atoms with Crippen molar-refractivity contribution >= 4 is 34.0 Å². The van der Waals surface area contributed by atoms with Crippen LogP contribution in [-0.4, -0.2) is 31.7 Å². The Hall–Kier alpha value is -2.09. The molecule has 0 atom stereocenters. The first kappa shape index (κ1) is 23.0. The molecule has 0 aromatic heterocycles. The van der Waals surface area contributed by atoms with E-state index in [4.69, 9.17) is 5.73 Å². The Labute approximate surface area is 167 Å². The van der Waals surface area contributed by atoms with E-state index in [9.17, 15) is 13.2 Å². The summed E-state index contributed by atoms with van der Waals surface area (Å²) in [5, 5.41) is 2.83. The molecule has 27 heavy (non-hydrogen) atoms. The van der Waals surface area contributed by atoms with E-state index >= 15 is 0 Å². The van der Waals surface area contributed by atoms with Crippen LogP contribution >= 0.6 is 12.4 Å². The van der Waals surface area contributed by atoms with Crippen LogP contribution in [0, 0.1) is 6.92 Å². The topological polar surface area (TPSA) is 92.5 Å². The summed E-state index contributed by atoms with van der Waals surface area (Å²) in [7, 11) is -3.47. The molecule has 0 heterocycles. The fraction of sp³-hybridized carbons (Fsp3) is 0.316. The third-order valence-corrected chi connectivity index (χ3v) is 6.29. The number of hydrogen-bond donors (Lipinski definition) is 2. The molecule has 0 saturated heterocycles. The van der Waals surface area contributed by atoms with Gasteiger partial charge in [-0.25, -0.2) is 8.42 Å². The lowest BCUT2D eigenvalue weighted by Crippen LogP contribution is -2.30. The minimum atomic E-state index is -3.47. The van der Waals surface area contributed by atoms with Gasteiger partial charge in [0, 0.05) is 30.9 Å². The molecule has 0 unspecified atom stereocenters. The highest BCUT2D eigenvalue weighted by Gasteiger charge is 2.21. The first-order valence-corrected chi connectivity index (χ1v) is 9.97. The molecule has 0 aliphatic carbocycles. The number of halogens is 1. The molecule has 1 amide bonds. The number of carbonyl (C=O) groups excluding carboxylic acids is 1. The summed E-state index contributed by atoms with van der Waals surface area (Å²) in [6.07, 6.45) is 0. The molecule has 0 fully saturated rings. The number of rotatable bonds is 7. The van der Waals surface area contributed by atoms with Crippen LogP contribution in [0.15, 0.2) is 47.4 Å². The van der Waals surface area contributed by atoms with Gasteiger partial charge in [0.1, 0.15) is 0 Å². The number of sulfonamides is 1. The Morgan fingerprint density at radius 1 is 1.07 bits per heavy atom. The zero-order valence-corrected chi connectivity index (χ0v) is 17.4. The lowest BCUT2D eigenvalue weighted by atomic mass is 10.1. The van der Waals surface area contributed by atoms with Crippen molar-refractivity contribution in [1.82, 2.24) is 9.62 Å². The summed E-state index contributed by atoms with van der Waals surface area (Å²) in [4.78, 5) is 12.6. The number of aryl methyl sites for hydroxylation is 1. The lowest BCUT2D eigenvalue weighted by molar-refractivity contribution is 0.0950. The molecule has 0 radical (unpaired) electrons. The van der Waals surface area contributed by atoms with Crippen LogP contribution in [0.2, 0.25) is 0 Å². The fourth-order valence-electron chi connectivity index (χ4n) is 2.65. The minimum Gasteiger partial charge on any atom is -0.399 e. The molecule has 0 aliphatic heterocycles. The normalized spacial score (nSPS) is 11.1. The molecule has 0 spiro atoms. The summed E-state index contributed by atoms with van der Waals surface area (Å²) in [5.74, 6) is -0.213. The first-order valence-electron chi connectivity index (χ1n) is 8.53. The van der Waals surface area contributed by atoms with E-state index in [1.54, 1.807) is 42.5 Å². The van der Waals surface area contributed by atoms with E-state index in [2.05, 4.69) is 5.32 Å². The second-order valence-corrected chi connectivity index (χ2v) is 7.93. The minimum absolute atomic E-state index is 0. The SMILES string of the molecule is CCN(CC)S(=O)(=O)c1ccc(CNC(=O)c2cc(N)ccc2C)cc1.Cl. The zero-order valence-electron chi connectivity index (χ0n) is 15.7. The summed E-state index contributed by atoms with van der Waals surface area (Å²) in [6, 6.07) is 11.8. The van der Waals surface area contributed by atoms with Gasteiger partial charge < -0.3 is 11.1 Å². The van der Waals surface area contributed by atoms with E-state index in [-0.39, 0.29) is 23.2 Å². The van der Waals surface area contributed by atoms with Gasteiger partial charge in [-0.1, -0.05) is 32.0 Å². The average Bonchev–Trinajstić information content (AvgIpc) is 2.63. The van der Waals surface area contributed by atoms with Crippen LogP contribution in [0.4, 0.5) is 5.69 Å². The maximum Gasteiger partial charge on any atom is 0.251 e. The van der Waals surface area contributed by atoms with Gasteiger partial charge >= 0.3 is 0 Å². The summed E-state index contributed by atoms with van der Waals surface area (Å²) in [6.45, 7) is 6.62. The number of nitrogens with one attached hydrogen (secondary N) is 1. The van der Waals surface area contributed by atoms with Crippen molar-refractivity contribution in [3.05, 3.63) is 59.2 Å². The van der Waals surface area contributed by atoms with Gasteiger partial charge in [0.25, 0.3) is 5.91 Å². The van der Waals surface area contributed by atoms with Crippen molar-refractivity contribution in [2.75, 3.05) is 18.8 Å². The number of benzene rings is 2. The molecule has 2 rings (SSSR count). The van der Waals surface area contributed by atoms with Gasteiger partial charge in [-0.3, -0.25) is 4.79 Å². The summed E-state index contributed by atoms with van der Waals surface area (Å²) in [5.41, 5.74) is 8.47. The number of amides is 1. The smallest absolute Gasteiger partial charge is 0.251 e. The standard InChI is InChI=1S/C19H25N3O3S.ClH/c1-4-22(5-2)26(24,25)17-10-7-15(8-11-17)13-21-19(23)18-12-16(20)9-6-14(18)3;/h6-12H,4-5,13,20H2,1-3H3,(H,21,23);1H. The Morgan fingerprint density at radius 3 is 2.22 bits per heavy atom. The lowest BCUT2D eigenvalue weighted by Gasteiger charge is -2.18. The van der Waals surface area contributed by atoms with Crippen LogP contribution in [-0.2, 0) is 16.6 Å². The second kappa shape index (κ2) is 9.73. The van der Waals surface area contributed by atoms with E-state index in [0.717, 1.165) is 11.1 Å². The molecule has 6 nitrogen and oxygen atoms in total. The molecular formula is C19H26ClN3O3S. The Morgan fingerprint density at radius 2 is 1.67 bits per heavy atom. The fourth-order valence-corrected chi connectivity index (χ4v) is 4.11. The van der Waals surface area contributed by atoms with Crippen molar-refractivity contribution in [3.63, 3.8) is 0 Å². The number of anilines is 1. The largest absolute Gasteiger partial charge is 0.399 e. The molecule has 3 N–H and O–H groups in total. The van der Waals surface area contributed by atoms with E-state index in [1.165, 1.54) is 4.31 Å². The maximum atomic E-state index is 12.5. The molecule has 0 saturated carbocycles. The van der Waals surface area contributed by atoms with Crippen molar-refractivity contribution in [2.24, 2.45) is 0 Å². The monoisotopic (exact) mass is 411 g/mol.